The molecule has 0 amide bonds. The van der Waals surface area contributed by atoms with E-state index >= 15 is 0 Å². The highest BCUT2D eigenvalue weighted by Crippen LogP contribution is 2.37. The topological polar surface area (TPSA) is 0 Å². The summed E-state index contributed by atoms with van der Waals surface area (Å²) in [5.41, 5.74) is 4.43. The van der Waals surface area contributed by atoms with Crippen LogP contribution in [0.25, 0.3) is 0 Å². The Labute approximate surface area is 108 Å². The van der Waals surface area contributed by atoms with Crippen molar-refractivity contribution in [1.82, 2.24) is 0 Å². The van der Waals surface area contributed by atoms with E-state index in [1.165, 1.54) is 43.2 Å². The third-order valence-electron chi connectivity index (χ3n) is 3.77. The second-order valence-corrected chi connectivity index (χ2v) is 6.30. The van der Waals surface area contributed by atoms with Crippen molar-refractivity contribution in [2.75, 3.05) is 0 Å². The molecule has 1 aliphatic rings. The molecule has 0 aromatic heterocycles. The SMILES string of the molecule is Cc1ccc(C)c(C2CCCCCC2Br)c1. The number of hydrogen-bond acceptors (Lipinski definition) is 0. The molecule has 0 aliphatic heterocycles. The summed E-state index contributed by atoms with van der Waals surface area (Å²) in [4.78, 5) is 0.676. The lowest BCUT2D eigenvalue weighted by molar-refractivity contribution is 0.609. The molecule has 2 atom stereocenters. The van der Waals surface area contributed by atoms with Gasteiger partial charge in [0.15, 0.2) is 0 Å². The van der Waals surface area contributed by atoms with E-state index in [-0.39, 0.29) is 0 Å². The van der Waals surface area contributed by atoms with Gasteiger partial charge in [-0.3, -0.25) is 0 Å². The number of rotatable bonds is 1. The normalized spacial score (nSPS) is 26.4. The van der Waals surface area contributed by atoms with E-state index in [1.54, 1.807) is 5.56 Å². The molecule has 2 unspecified atom stereocenters. The minimum absolute atomic E-state index is 0.676. The van der Waals surface area contributed by atoms with Crippen LogP contribution in [0.4, 0.5) is 0 Å². The van der Waals surface area contributed by atoms with Crippen LogP contribution in [-0.2, 0) is 0 Å². The lowest BCUT2D eigenvalue weighted by atomic mass is 9.88. The molecular weight excluding hydrogens is 260 g/mol. The van der Waals surface area contributed by atoms with Crippen molar-refractivity contribution in [3.8, 4) is 0 Å². The molecule has 2 rings (SSSR count). The number of aryl methyl sites for hydroxylation is 2. The van der Waals surface area contributed by atoms with Gasteiger partial charge in [0.05, 0.1) is 0 Å². The monoisotopic (exact) mass is 280 g/mol. The summed E-state index contributed by atoms with van der Waals surface area (Å²) in [6.07, 6.45) is 6.86. The van der Waals surface area contributed by atoms with Crippen LogP contribution in [0.5, 0.6) is 0 Å². The van der Waals surface area contributed by atoms with Crippen molar-refractivity contribution < 1.29 is 0 Å². The first-order valence-corrected chi connectivity index (χ1v) is 7.31. The van der Waals surface area contributed by atoms with Crippen molar-refractivity contribution in [3.63, 3.8) is 0 Å². The van der Waals surface area contributed by atoms with Gasteiger partial charge in [-0.05, 0) is 43.7 Å². The van der Waals surface area contributed by atoms with Gasteiger partial charge in [-0.1, -0.05) is 59.0 Å². The van der Waals surface area contributed by atoms with Crippen molar-refractivity contribution >= 4 is 15.9 Å². The van der Waals surface area contributed by atoms with Crippen LogP contribution in [0, 0.1) is 13.8 Å². The third-order valence-corrected chi connectivity index (χ3v) is 4.86. The maximum absolute atomic E-state index is 3.90. The first-order valence-electron chi connectivity index (χ1n) is 6.39. The van der Waals surface area contributed by atoms with E-state index in [0.717, 1.165) is 5.92 Å². The van der Waals surface area contributed by atoms with Gasteiger partial charge in [0.1, 0.15) is 0 Å². The fraction of sp³-hybridized carbons (Fsp3) is 0.600. The minimum atomic E-state index is 0.676. The van der Waals surface area contributed by atoms with E-state index in [0.29, 0.717) is 4.83 Å². The zero-order chi connectivity index (χ0) is 11.5. The average molecular weight is 281 g/mol. The molecule has 1 aromatic carbocycles. The van der Waals surface area contributed by atoms with Gasteiger partial charge in [-0.15, -0.1) is 0 Å². The Bertz CT molecular complexity index is 356. The summed E-state index contributed by atoms with van der Waals surface area (Å²) in [6, 6.07) is 6.88. The van der Waals surface area contributed by atoms with Crippen LogP contribution in [0.3, 0.4) is 0 Å². The van der Waals surface area contributed by atoms with Crippen molar-refractivity contribution in [3.05, 3.63) is 34.9 Å². The zero-order valence-electron chi connectivity index (χ0n) is 10.3. The van der Waals surface area contributed by atoms with Crippen molar-refractivity contribution in [2.24, 2.45) is 0 Å². The molecule has 1 aromatic rings. The number of halogens is 1. The summed E-state index contributed by atoms with van der Waals surface area (Å²) >= 11 is 3.90. The Morgan fingerprint density at radius 1 is 1.06 bits per heavy atom. The van der Waals surface area contributed by atoms with Crippen molar-refractivity contribution in [2.45, 2.75) is 56.7 Å². The van der Waals surface area contributed by atoms with Gasteiger partial charge < -0.3 is 0 Å². The molecule has 1 fully saturated rings. The quantitative estimate of drug-likeness (QED) is 0.495. The van der Waals surface area contributed by atoms with Gasteiger partial charge in [0, 0.05) is 4.83 Å². The van der Waals surface area contributed by atoms with E-state index in [2.05, 4.69) is 48.0 Å². The highest BCUT2D eigenvalue weighted by molar-refractivity contribution is 9.09. The third kappa shape index (κ3) is 2.68. The highest BCUT2D eigenvalue weighted by Gasteiger charge is 2.23. The van der Waals surface area contributed by atoms with E-state index in [4.69, 9.17) is 0 Å². The summed E-state index contributed by atoms with van der Waals surface area (Å²) in [6.45, 7) is 4.45. The Morgan fingerprint density at radius 3 is 2.62 bits per heavy atom. The molecule has 16 heavy (non-hydrogen) atoms. The molecule has 1 heteroatoms. The molecule has 1 aliphatic carbocycles. The summed E-state index contributed by atoms with van der Waals surface area (Å²) in [7, 11) is 0. The van der Waals surface area contributed by atoms with Gasteiger partial charge in [0.25, 0.3) is 0 Å². The molecule has 0 nitrogen and oxygen atoms in total. The maximum atomic E-state index is 3.90. The predicted octanol–water partition coefficient (Wildman–Crippen LogP) is 5.11. The molecule has 0 N–H and O–H groups in total. The smallest absolute Gasteiger partial charge is 0.0214 e. The second kappa shape index (κ2) is 5.35. The van der Waals surface area contributed by atoms with E-state index < -0.39 is 0 Å². The standard InChI is InChI=1S/C15H21Br/c1-11-8-9-12(2)14(10-11)13-6-4-3-5-7-15(13)16/h8-10,13,15H,3-7H2,1-2H3. The average Bonchev–Trinajstić information content (AvgIpc) is 2.47. The lowest BCUT2D eigenvalue weighted by Gasteiger charge is -2.22. The van der Waals surface area contributed by atoms with Gasteiger partial charge >= 0.3 is 0 Å². The molecule has 0 heterocycles. The molecule has 0 spiro atoms. The molecule has 0 radical (unpaired) electrons. The van der Waals surface area contributed by atoms with E-state index in [9.17, 15) is 0 Å². The molecule has 0 saturated heterocycles. The minimum Gasteiger partial charge on any atom is -0.0884 e. The van der Waals surface area contributed by atoms with Crippen LogP contribution >= 0.6 is 15.9 Å². The van der Waals surface area contributed by atoms with Gasteiger partial charge in [-0.2, -0.15) is 0 Å². The molecule has 0 bridgehead atoms. The molecular formula is C15H21Br. The molecule has 1 saturated carbocycles. The number of alkyl halides is 1. The Balaban J connectivity index is 2.29. The lowest BCUT2D eigenvalue weighted by Crippen LogP contribution is -2.12. The van der Waals surface area contributed by atoms with Crippen LogP contribution < -0.4 is 0 Å². The number of benzene rings is 1. The van der Waals surface area contributed by atoms with Crippen LogP contribution in [0.2, 0.25) is 0 Å². The first kappa shape index (κ1) is 12.2. The van der Waals surface area contributed by atoms with Gasteiger partial charge in [-0.25, -0.2) is 0 Å². The highest BCUT2D eigenvalue weighted by atomic mass is 79.9. The van der Waals surface area contributed by atoms with Gasteiger partial charge in [0.2, 0.25) is 0 Å². The van der Waals surface area contributed by atoms with Crippen LogP contribution in [0.15, 0.2) is 18.2 Å². The number of hydrogen-bond donors (Lipinski definition) is 0. The Hall–Kier alpha value is -0.300. The summed E-state index contributed by atoms with van der Waals surface area (Å²) in [5.74, 6) is 0.724. The fourth-order valence-electron chi connectivity index (χ4n) is 2.77. The van der Waals surface area contributed by atoms with Crippen LogP contribution in [0.1, 0.15) is 54.7 Å². The Kier molecular flexibility index (Phi) is 4.07. The van der Waals surface area contributed by atoms with Crippen molar-refractivity contribution in [1.29, 1.82) is 0 Å². The predicted molar refractivity (Wildman–Crippen MR) is 74.5 cm³/mol. The van der Waals surface area contributed by atoms with Crippen LogP contribution in [-0.4, -0.2) is 4.83 Å². The Morgan fingerprint density at radius 2 is 1.81 bits per heavy atom. The fourth-order valence-corrected chi connectivity index (χ4v) is 3.64. The summed E-state index contributed by atoms with van der Waals surface area (Å²) in [5, 5.41) is 0. The first-order chi connectivity index (χ1) is 7.68. The zero-order valence-corrected chi connectivity index (χ0v) is 11.9. The van der Waals surface area contributed by atoms with E-state index in [1.807, 2.05) is 0 Å². The summed E-state index contributed by atoms with van der Waals surface area (Å²) < 4.78 is 0. The molecule has 88 valence electrons. The largest absolute Gasteiger partial charge is 0.0884 e. The second-order valence-electron chi connectivity index (χ2n) is 5.12. The maximum Gasteiger partial charge on any atom is 0.0214 e.